The summed E-state index contributed by atoms with van der Waals surface area (Å²) < 4.78 is 11.1. The van der Waals surface area contributed by atoms with Crippen molar-refractivity contribution >= 4 is 5.91 Å². The molecule has 5 nitrogen and oxygen atoms in total. The predicted molar refractivity (Wildman–Crippen MR) is 169 cm³/mol. The van der Waals surface area contributed by atoms with Crippen molar-refractivity contribution in [2.24, 2.45) is 5.92 Å². The van der Waals surface area contributed by atoms with E-state index in [0.717, 1.165) is 69.7 Å². The molecule has 1 aromatic carbocycles. The lowest BCUT2D eigenvalue weighted by molar-refractivity contribution is -0.132. The molecule has 0 spiro atoms. The van der Waals surface area contributed by atoms with Gasteiger partial charge in [0.05, 0.1) is 6.54 Å². The molecule has 1 amide bonds. The standard InChI is InChI=1S/C28H44N2O3.3C2H6/c1-6-8-12-29(13-9-7-2)28(31)19-30-18-24(16-25(30)15-22(5)14-21(3)4)23-10-11-26-27(17-23)33-20-32-26;3*1-2/h10-11,14,17,22,24-25H,6-9,12-13,15-16,18-20H2,1-5H3;3*1-2H3/t22?,24?,25-;;;/m0.../s1. The van der Waals surface area contributed by atoms with Gasteiger partial charge in [0, 0.05) is 25.7 Å². The Bertz CT molecular complexity index is 796. The lowest BCUT2D eigenvalue weighted by Gasteiger charge is -2.29. The van der Waals surface area contributed by atoms with Gasteiger partial charge in [-0.05, 0) is 69.1 Å². The molecule has 39 heavy (non-hydrogen) atoms. The molecule has 0 radical (unpaired) electrons. The second kappa shape index (κ2) is 21.8. The van der Waals surface area contributed by atoms with Crippen molar-refractivity contribution in [1.29, 1.82) is 0 Å². The SMILES string of the molecule is CC.CC.CC.CCCCN(CCCC)C(=O)CN1CC(c2ccc3c(c2)OCO3)C[C@@H]1CC(C)C=C(C)C. The fraction of sp³-hybridized carbons (Fsp3) is 0.735. The number of carbonyl (C=O) groups is 1. The summed E-state index contributed by atoms with van der Waals surface area (Å²) >= 11 is 0. The Kier molecular flexibility index (Phi) is 20.6. The topological polar surface area (TPSA) is 42.0 Å². The Balaban J connectivity index is 0.00000225. The van der Waals surface area contributed by atoms with Crippen molar-refractivity contribution in [2.75, 3.05) is 33.0 Å². The number of ether oxygens (including phenoxy) is 2. The fourth-order valence-corrected chi connectivity index (χ4v) is 5.23. The van der Waals surface area contributed by atoms with Gasteiger partial charge in [0.2, 0.25) is 12.7 Å². The number of allylic oxidation sites excluding steroid dienone is 2. The highest BCUT2D eigenvalue weighted by Crippen LogP contribution is 2.40. The zero-order chi connectivity index (χ0) is 29.8. The molecule has 0 aliphatic carbocycles. The molecule has 0 N–H and O–H groups in total. The monoisotopic (exact) mass is 546 g/mol. The Morgan fingerprint density at radius 3 is 2.15 bits per heavy atom. The molecule has 2 heterocycles. The van der Waals surface area contributed by atoms with Crippen LogP contribution in [0.3, 0.4) is 0 Å². The average Bonchev–Trinajstić information content (AvgIpc) is 3.58. The van der Waals surface area contributed by atoms with E-state index in [1.54, 1.807) is 0 Å². The molecule has 1 saturated heterocycles. The van der Waals surface area contributed by atoms with Crippen molar-refractivity contribution in [3.8, 4) is 11.5 Å². The van der Waals surface area contributed by atoms with Crippen molar-refractivity contribution < 1.29 is 14.3 Å². The Labute approximate surface area is 242 Å². The number of carbonyl (C=O) groups excluding carboxylic acids is 1. The van der Waals surface area contributed by atoms with Crippen LogP contribution in [0.5, 0.6) is 11.5 Å². The van der Waals surface area contributed by atoms with Gasteiger partial charge in [0.1, 0.15) is 0 Å². The van der Waals surface area contributed by atoms with E-state index < -0.39 is 0 Å². The van der Waals surface area contributed by atoms with Crippen LogP contribution in [0.2, 0.25) is 0 Å². The molecular weight excluding hydrogens is 484 g/mol. The molecule has 5 heteroatoms. The van der Waals surface area contributed by atoms with E-state index >= 15 is 0 Å². The van der Waals surface area contributed by atoms with E-state index in [2.05, 4.69) is 62.6 Å². The number of rotatable bonds is 12. The number of amides is 1. The number of likely N-dealkylation sites (tertiary alicyclic amines) is 1. The molecule has 0 bridgehead atoms. The summed E-state index contributed by atoms with van der Waals surface area (Å²) in [6.07, 6.45) is 8.93. The summed E-state index contributed by atoms with van der Waals surface area (Å²) in [5, 5.41) is 0. The molecule has 0 aromatic heterocycles. The zero-order valence-corrected chi connectivity index (χ0v) is 27.4. The van der Waals surface area contributed by atoms with Crippen LogP contribution in [0.15, 0.2) is 29.8 Å². The van der Waals surface area contributed by atoms with E-state index in [-0.39, 0.29) is 0 Å². The van der Waals surface area contributed by atoms with Crippen LogP contribution in [-0.4, -0.2) is 54.7 Å². The predicted octanol–water partition coefficient (Wildman–Crippen LogP) is 9.07. The number of benzene rings is 1. The third kappa shape index (κ3) is 12.8. The van der Waals surface area contributed by atoms with Crippen LogP contribution in [0, 0.1) is 5.92 Å². The Morgan fingerprint density at radius 1 is 1.00 bits per heavy atom. The summed E-state index contributed by atoms with van der Waals surface area (Å²) in [6, 6.07) is 6.76. The largest absolute Gasteiger partial charge is 0.454 e. The molecular formula is C34H62N2O3. The van der Waals surface area contributed by atoms with Crippen molar-refractivity contribution in [3.63, 3.8) is 0 Å². The average molecular weight is 547 g/mol. The highest BCUT2D eigenvalue weighted by Gasteiger charge is 2.35. The molecule has 2 unspecified atom stereocenters. The molecule has 1 fully saturated rings. The first-order valence-corrected chi connectivity index (χ1v) is 16.0. The number of fused-ring (bicyclic) bond motifs is 1. The first-order valence-electron chi connectivity index (χ1n) is 16.0. The second-order valence-electron chi connectivity index (χ2n) is 10.2. The van der Waals surface area contributed by atoms with Crippen LogP contribution in [0.4, 0.5) is 0 Å². The molecule has 0 saturated carbocycles. The van der Waals surface area contributed by atoms with Crippen molar-refractivity contribution in [3.05, 3.63) is 35.4 Å². The maximum absolute atomic E-state index is 13.4. The minimum absolute atomic E-state index is 0.295. The van der Waals surface area contributed by atoms with Crippen LogP contribution >= 0.6 is 0 Å². The third-order valence-corrected chi connectivity index (χ3v) is 6.91. The van der Waals surface area contributed by atoms with Crippen LogP contribution in [-0.2, 0) is 4.79 Å². The summed E-state index contributed by atoms with van der Waals surface area (Å²) in [4.78, 5) is 17.9. The maximum Gasteiger partial charge on any atom is 0.236 e. The Morgan fingerprint density at radius 2 is 1.59 bits per heavy atom. The second-order valence-corrected chi connectivity index (χ2v) is 10.2. The van der Waals surface area contributed by atoms with Gasteiger partial charge in [-0.15, -0.1) is 0 Å². The lowest BCUT2D eigenvalue weighted by Crippen LogP contribution is -2.43. The zero-order valence-electron chi connectivity index (χ0n) is 27.4. The van der Waals surface area contributed by atoms with Gasteiger partial charge in [0.15, 0.2) is 11.5 Å². The van der Waals surface area contributed by atoms with Gasteiger partial charge in [-0.25, -0.2) is 0 Å². The van der Waals surface area contributed by atoms with E-state index in [1.807, 2.05) is 47.6 Å². The molecule has 226 valence electrons. The summed E-state index contributed by atoms with van der Waals surface area (Å²) in [5.41, 5.74) is 2.66. The van der Waals surface area contributed by atoms with Crippen molar-refractivity contribution in [1.82, 2.24) is 9.80 Å². The minimum Gasteiger partial charge on any atom is -0.454 e. The normalized spacial score (nSPS) is 17.9. The lowest BCUT2D eigenvalue weighted by atomic mass is 9.92. The number of hydrogen-bond acceptors (Lipinski definition) is 4. The van der Waals surface area contributed by atoms with E-state index in [4.69, 9.17) is 9.47 Å². The quantitative estimate of drug-likeness (QED) is 0.245. The number of nitrogens with zero attached hydrogens (tertiary/aromatic N) is 2. The summed E-state index contributed by atoms with van der Waals surface area (Å²) in [5.74, 6) is 2.89. The van der Waals surface area contributed by atoms with Crippen LogP contribution in [0.1, 0.15) is 126 Å². The minimum atomic E-state index is 0.295. The van der Waals surface area contributed by atoms with Crippen molar-refractivity contribution in [2.45, 2.75) is 127 Å². The highest BCUT2D eigenvalue weighted by atomic mass is 16.7. The third-order valence-electron chi connectivity index (χ3n) is 6.91. The molecule has 1 aromatic rings. The van der Waals surface area contributed by atoms with Gasteiger partial charge in [-0.3, -0.25) is 9.69 Å². The van der Waals surface area contributed by atoms with Gasteiger partial charge in [-0.1, -0.05) is 92.9 Å². The van der Waals surface area contributed by atoms with E-state index in [9.17, 15) is 4.79 Å². The first-order chi connectivity index (χ1) is 18.9. The highest BCUT2D eigenvalue weighted by molar-refractivity contribution is 5.78. The van der Waals surface area contributed by atoms with Gasteiger partial charge in [-0.2, -0.15) is 0 Å². The van der Waals surface area contributed by atoms with E-state index in [1.165, 1.54) is 11.1 Å². The molecule has 2 aliphatic rings. The number of unbranched alkanes of at least 4 members (excludes halogenated alkanes) is 2. The van der Waals surface area contributed by atoms with Crippen LogP contribution < -0.4 is 9.47 Å². The Hall–Kier alpha value is -2.01. The molecule has 3 rings (SSSR count). The smallest absolute Gasteiger partial charge is 0.236 e. The summed E-state index contributed by atoms with van der Waals surface area (Å²) in [7, 11) is 0. The maximum atomic E-state index is 13.4. The molecule has 3 atom stereocenters. The fourth-order valence-electron chi connectivity index (χ4n) is 5.23. The summed E-state index contributed by atoms with van der Waals surface area (Å²) in [6.45, 7) is 26.5. The van der Waals surface area contributed by atoms with Gasteiger partial charge in [0.25, 0.3) is 0 Å². The van der Waals surface area contributed by atoms with Gasteiger partial charge < -0.3 is 14.4 Å². The van der Waals surface area contributed by atoms with E-state index in [0.29, 0.717) is 37.1 Å². The first kappa shape index (κ1) is 37.0. The number of hydrogen-bond donors (Lipinski definition) is 0. The van der Waals surface area contributed by atoms with Crippen LogP contribution in [0.25, 0.3) is 0 Å². The van der Waals surface area contributed by atoms with Gasteiger partial charge >= 0.3 is 0 Å². The molecule has 2 aliphatic heterocycles.